The van der Waals surface area contributed by atoms with E-state index in [1.165, 1.54) is 0 Å². The Bertz CT molecular complexity index is 420. The third kappa shape index (κ3) is 8.11. The zero-order valence-electron chi connectivity index (χ0n) is 12.6. The number of carbonyl (C=O) groups excluding carboxylic acids is 2. The van der Waals surface area contributed by atoms with Crippen LogP contribution in [0.4, 0.5) is 0 Å². The molecule has 118 valence electrons. The zero-order chi connectivity index (χ0) is 15.5. The molecule has 0 aliphatic carbocycles. The van der Waals surface area contributed by atoms with Gasteiger partial charge >= 0.3 is 0 Å². The molecule has 0 unspecified atom stereocenters. The summed E-state index contributed by atoms with van der Waals surface area (Å²) >= 11 is 0. The van der Waals surface area contributed by atoms with Crippen LogP contribution in [0.5, 0.6) is 0 Å². The first-order valence-electron chi connectivity index (χ1n) is 6.85. The maximum atomic E-state index is 11.7. The van der Waals surface area contributed by atoms with Gasteiger partial charge in [0.25, 0.3) is 0 Å². The lowest BCUT2D eigenvalue weighted by molar-refractivity contribution is -0.124. The minimum Gasteiger partial charge on any atom is -0.467 e. The van der Waals surface area contributed by atoms with Crippen molar-refractivity contribution in [3.63, 3.8) is 0 Å². The van der Waals surface area contributed by atoms with E-state index >= 15 is 0 Å². The van der Waals surface area contributed by atoms with Gasteiger partial charge in [-0.05, 0) is 25.6 Å². The molecule has 0 bridgehead atoms. The average molecular weight is 297 g/mol. The Morgan fingerprint density at radius 3 is 2.62 bits per heavy atom. The Morgan fingerprint density at radius 2 is 2.00 bits per heavy atom. The van der Waals surface area contributed by atoms with Crippen LogP contribution in [-0.4, -0.2) is 57.1 Å². The van der Waals surface area contributed by atoms with Crippen LogP contribution in [0.15, 0.2) is 22.8 Å². The molecule has 0 spiro atoms. The van der Waals surface area contributed by atoms with Crippen LogP contribution in [0.1, 0.15) is 12.2 Å². The lowest BCUT2D eigenvalue weighted by Gasteiger charge is -2.15. The summed E-state index contributed by atoms with van der Waals surface area (Å²) in [6.07, 6.45) is 2.33. The molecule has 0 saturated carbocycles. The summed E-state index contributed by atoms with van der Waals surface area (Å²) in [5, 5.41) is 5.50. The summed E-state index contributed by atoms with van der Waals surface area (Å²) in [7, 11) is 3.35. The molecule has 1 rings (SSSR count). The molecule has 1 heterocycles. The lowest BCUT2D eigenvalue weighted by atomic mass is 10.4. The largest absolute Gasteiger partial charge is 0.467 e. The van der Waals surface area contributed by atoms with E-state index in [4.69, 9.17) is 9.15 Å². The van der Waals surface area contributed by atoms with Crippen molar-refractivity contribution < 1.29 is 18.7 Å². The molecule has 0 atom stereocenters. The number of nitrogens with one attached hydrogen (secondary N) is 2. The normalized spacial score (nSPS) is 10.6. The van der Waals surface area contributed by atoms with Crippen LogP contribution < -0.4 is 10.6 Å². The van der Waals surface area contributed by atoms with Crippen LogP contribution in [-0.2, 0) is 20.9 Å². The van der Waals surface area contributed by atoms with E-state index in [-0.39, 0.29) is 24.9 Å². The van der Waals surface area contributed by atoms with Crippen LogP contribution in [0, 0.1) is 0 Å². The summed E-state index contributed by atoms with van der Waals surface area (Å²) in [6, 6.07) is 3.55. The fraction of sp³-hybridized carbons (Fsp3) is 0.571. The third-order valence-electron chi connectivity index (χ3n) is 2.71. The fourth-order valence-electron chi connectivity index (χ4n) is 1.70. The standard InChI is InChI=1S/C14H23N3O4/c1-17(10-13(18)15-6-4-7-20-2)11-14(19)16-9-12-5-3-8-21-12/h3,5,8H,4,6-7,9-11H2,1-2H3,(H,15,18)(H,16,19). The summed E-state index contributed by atoms with van der Waals surface area (Å²) in [6.45, 7) is 1.88. The molecule has 0 aliphatic heterocycles. The number of hydrogen-bond donors (Lipinski definition) is 2. The van der Waals surface area contributed by atoms with Gasteiger partial charge in [-0.1, -0.05) is 0 Å². The molecule has 0 aromatic carbocycles. The number of rotatable bonds is 10. The van der Waals surface area contributed by atoms with Gasteiger partial charge in [-0.3, -0.25) is 14.5 Å². The van der Waals surface area contributed by atoms with E-state index in [2.05, 4.69) is 10.6 Å². The summed E-state index contributed by atoms with van der Waals surface area (Å²) in [5.74, 6) is 0.440. The molecule has 2 amide bonds. The number of likely N-dealkylation sites (N-methyl/N-ethyl adjacent to an activating group) is 1. The quantitative estimate of drug-likeness (QED) is 0.593. The highest BCUT2D eigenvalue weighted by Crippen LogP contribution is 1.98. The number of methoxy groups -OCH3 is 1. The van der Waals surface area contributed by atoms with Gasteiger partial charge in [0.15, 0.2) is 0 Å². The number of furan rings is 1. The molecule has 1 aromatic rings. The first kappa shape index (κ1) is 17.2. The van der Waals surface area contributed by atoms with Crippen molar-refractivity contribution in [3.8, 4) is 0 Å². The van der Waals surface area contributed by atoms with E-state index in [0.717, 1.165) is 6.42 Å². The van der Waals surface area contributed by atoms with E-state index in [1.54, 1.807) is 37.5 Å². The second-order valence-corrected chi connectivity index (χ2v) is 4.72. The maximum absolute atomic E-state index is 11.7. The van der Waals surface area contributed by atoms with Crippen molar-refractivity contribution in [1.29, 1.82) is 0 Å². The van der Waals surface area contributed by atoms with Crippen molar-refractivity contribution in [2.24, 2.45) is 0 Å². The molecular weight excluding hydrogens is 274 g/mol. The smallest absolute Gasteiger partial charge is 0.234 e. The first-order chi connectivity index (χ1) is 10.1. The van der Waals surface area contributed by atoms with E-state index in [0.29, 0.717) is 25.5 Å². The Morgan fingerprint density at radius 1 is 1.29 bits per heavy atom. The van der Waals surface area contributed by atoms with Gasteiger partial charge in [-0.25, -0.2) is 0 Å². The Balaban J connectivity index is 2.12. The number of hydrogen-bond acceptors (Lipinski definition) is 5. The van der Waals surface area contributed by atoms with Crippen LogP contribution in [0.3, 0.4) is 0 Å². The minimum atomic E-state index is -0.152. The second-order valence-electron chi connectivity index (χ2n) is 4.72. The van der Waals surface area contributed by atoms with E-state index in [9.17, 15) is 9.59 Å². The molecule has 1 aromatic heterocycles. The van der Waals surface area contributed by atoms with Crippen molar-refractivity contribution >= 4 is 11.8 Å². The molecule has 21 heavy (non-hydrogen) atoms. The lowest BCUT2D eigenvalue weighted by Crippen LogP contribution is -2.41. The highest BCUT2D eigenvalue weighted by molar-refractivity contribution is 5.81. The molecule has 0 aliphatic rings. The molecular formula is C14H23N3O4. The van der Waals surface area contributed by atoms with E-state index in [1.807, 2.05) is 0 Å². The predicted molar refractivity (Wildman–Crippen MR) is 77.6 cm³/mol. The summed E-state index contributed by atoms with van der Waals surface area (Å²) < 4.78 is 10.0. The minimum absolute atomic E-state index is 0.104. The fourth-order valence-corrected chi connectivity index (χ4v) is 1.70. The van der Waals surface area contributed by atoms with Gasteiger partial charge < -0.3 is 19.8 Å². The SMILES string of the molecule is COCCCNC(=O)CN(C)CC(=O)NCc1ccco1. The molecule has 0 radical (unpaired) electrons. The first-order valence-corrected chi connectivity index (χ1v) is 6.85. The highest BCUT2D eigenvalue weighted by atomic mass is 16.5. The van der Waals surface area contributed by atoms with Gasteiger partial charge in [0, 0.05) is 20.3 Å². The highest BCUT2D eigenvalue weighted by Gasteiger charge is 2.10. The summed E-state index contributed by atoms with van der Waals surface area (Å²) in [4.78, 5) is 24.9. The summed E-state index contributed by atoms with van der Waals surface area (Å²) in [5.41, 5.74) is 0. The number of amides is 2. The maximum Gasteiger partial charge on any atom is 0.234 e. The van der Waals surface area contributed by atoms with Crippen molar-refractivity contribution in [2.75, 3.05) is 40.4 Å². The Hall–Kier alpha value is -1.86. The molecule has 2 N–H and O–H groups in total. The van der Waals surface area contributed by atoms with Gasteiger partial charge in [-0.15, -0.1) is 0 Å². The van der Waals surface area contributed by atoms with Gasteiger partial charge in [0.05, 0.1) is 25.9 Å². The number of nitrogens with zero attached hydrogens (tertiary/aromatic N) is 1. The molecule has 0 saturated heterocycles. The van der Waals surface area contributed by atoms with Gasteiger partial charge in [-0.2, -0.15) is 0 Å². The van der Waals surface area contributed by atoms with Crippen LogP contribution >= 0.6 is 0 Å². The van der Waals surface area contributed by atoms with Gasteiger partial charge in [0.2, 0.25) is 11.8 Å². The van der Waals surface area contributed by atoms with Gasteiger partial charge in [0.1, 0.15) is 5.76 Å². The van der Waals surface area contributed by atoms with E-state index < -0.39 is 0 Å². The number of ether oxygens (including phenoxy) is 1. The topological polar surface area (TPSA) is 83.8 Å². The predicted octanol–water partition coefficient (Wildman–Crippen LogP) is -0.0197. The molecule has 7 heteroatoms. The Labute approximate surface area is 124 Å². The molecule has 7 nitrogen and oxygen atoms in total. The van der Waals surface area contributed by atoms with Crippen molar-refractivity contribution in [2.45, 2.75) is 13.0 Å². The van der Waals surface area contributed by atoms with Crippen molar-refractivity contribution in [1.82, 2.24) is 15.5 Å². The van der Waals surface area contributed by atoms with Crippen LogP contribution in [0.25, 0.3) is 0 Å². The second kappa shape index (κ2) is 9.95. The van der Waals surface area contributed by atoms with Crippen molar-refractivity contribution in [3.05, 3.63) is 24.2 Å². The monoisotopic (exact) mass is 297 g/mol. The Kier molecular flexibility index (Phi) is 8.15. The zero-order valence-corrected chi connectivity index (χ0v) is 12.6. The average Bonchev–Trinajstić information content (AvgIpc) is 2.94. The number of carbonyl (C=O) groups is 2. The third-order valence-corrected chi connectivity index (χ3v) is 2.71. The molecule has 0 fully saturated rings. The van der Waals surface area contributed by atoms with Crippen LogP contribution in [0.2, 0.25) is 0 Å².